The Morgan fingerprint density at radius 3 is 2.18 bits per heavy atom. The van der Waals surface area contributed by atoms with Crippen LogP contribution in [0.1, 0.15) is 10.4 Å². The summed E-state index contributed by atoms with van der Waals surface area (Å²) >= 11 is 0. The minimum Gasteiger partial charge on any atom is -0.457 e. The smallest absolute Gasteiger partial charge is 0.251 e. The minimum absolute atomic E-state index is 0.0749. The number of amides is 2. The number of carbonyl (C=O) groups excluding carboxylic acids is 2. The van der Waals surface area contributed by atoms with Crippen molar-refractivity contribution in [2.45, 2.75) is 0 Å². The second-order valence-electron chi connectivity index (χ2n) is 5.80. The van der Waals surface area contributed by atoms with Gasteiger partial charge in [-0.3, -0.25) is 9.59 Å². The van der Waals surface area contributed by atoms with Crippen LogP contribution in [0.4, 0.5) is 14.5 Å². The number of ether oxygens (including phenoxy) is 1. The Bertz CT molecular complexity index is 977. The SMILES string of the molecule is O=C(CNC(=O)c1ccc(F)c(F)c1)Nc1ccc(Oc2ccccc2)cc1. The van der Waals surface area contributed by atoms with E-state index < -0.39 is 23.4 Å². The maximum Gasteiger partial charge on any atom is 0.251 e. The van der Waals surface area contributed by atoms with Crippen molar-refractivity contribution in [3.8, 4) is 11.5 Å². The van der Waals surface area contributed by atoms with Crippen LogP contribution >= 0.6 is 0 Å². The fourth-order valence-corrected chi connectivity index (χ4v) is 2.34. The molecule has 0 aliphatic heterocycles. The monoisotopic (exact) mass is 382 g/mol. The fourth-order valence-electron chi connectivity index (χ4n) is 2.34. The minimum atomic E-state index is -1.13. The topological polar surface area (TPSA) is 67.4 Å². The van der Waals surface area contributed by atoms with E-state index in [1.165, 1.54) is 0 Å². The van der Waals surface area contributed by atoms with Gasteiger partial charge in [0.15, 0.2) is 11.6 Å². The molecule has 5 nitrogen and oxygen atoms in total. The van der Waals surface area contributed by atoms with Gasteiger partial charge in [0.05, 0.1) is 6.54 Å². The molecule has 3 rings (SSSR count). The lowest BCUT2D eigenvalue weighted by Crippen LogP contribution is -2.32. The van der Waals surface area contributed by atoms with E-state index in [0.29, 0.717) is 17.2 Å². The van der Waals surface area contributed by atoms with Gasteiger partial charge in [-0.2, -0.15) is 0 Å². The van der Waals surface area contributed by atoms with Crippen LogP contribution in [-0.2, 0) is 4.79 Å². The van der Waals surface area contributed by atoms with Gasteiger partial charge in [0.1, 0.15) is 11.5 Å². The van der Waals surface area contributed by atoms with Crippen molar-refractivity contribution in [1.82, 2.24) is 5.32 Å². The highest BCUT2D eigenvalue weighted by molar-refractivity contribution is 5.99. The molecule has 0 radical (unpaired) electrons. The molecule has 7 heteroatoms. The summed E-state index contributed by atoms with van der Waals surface area (Å²) in [5.74, 6) is -2.02. The van der Waals surface area contributed by atoms with E-state index in [2.05, 4.69) is 10.6 Å². The standard InChI is InChI=1S/C21H16F2N2O3/c22-18-11-6-14(12-19(18)23)21(27)24-13-20(26)25-15-7-9-17(10-8-15)28-16-4-2-1-3-5-16/h1-12H,13H2,(H,24,27)(H,25,26). The van der Waals surface area contributed by atoms with E-state index in [0.717, 1.165) is 18.2 Å². The first-order valence-corrected chi connectivity index (χ1v) is 8.37. The van der Waals surface area contributed by atoms with Crippen LogP contribution in [0.3, 0.4) is 0 Å². The van der Waals surface area contributed by atoms with E-state index in [1.807, 2.05) is 30.3 Å². The molecule has 0 aliphatic carbocycles. The number of hydrogen-bond donors (Lipinski definition) is 2. The zero-order chi connectivity index (χ0) is 19.9. The van der Waals surface area contributed by atoms with Crippen LogP contribution in [0, 0.1) is 11.6 Å². The van der Waals surface area contributed by atoms with Crippen molar-refractivity contribution in [1.29, 1.82) is 0 Å². The van der Waals surface area contributed by atoms with Gasteiger partial charge >= 0.3 is 0 Å². The van der Waals surface area contributed by atoms with Gasteiger partial charge in [-0.15, -0.1) is 0 Å². The molecule has 142 valence electrons. The molecule has 28 heavy (non-hydrogen) atoms. The number of rotatable bonds is 6. The number of benzene rings is 3. The summed E-state index contributed by atoms with van der Waals surface area (Å²) in [6, 6.07) is 18.7. The van der Waals surface area contributed by atoms with Crippen molar-refractivity contribution in [3.63, 3.8) is 0 Å². The Labute approximate surface area is 160 Å². The Kier molecular flexibility index (Phi) is 5.96. The first kappa shape index (κ1) is 19.0. The third-order valence-corrected chi connectivity index (χ3v) is 3.71. The molecule has 0 aromatic heterocycles. The highest BCUT2D eigenvalue weighted by atomic mass is 19.2. The molecule has 0 aliphatic rings. The third-order valence-electron chi connectivity index (χ3n) is 3.71. The number of carbonyl (C=O) groups is 2. The molecule has 2 N–H and O–H groups in total. The van der Waals surface area contributed by atoms with Gasteiger partial charge in [0.25, 0.3) is 5.91 Å². The van der Waals surface area contributed by atoms with Crippen molar-refractivity contribution in [2.24, 2.45) is 0 Å². The summed E-state index contributed by atoms with van der Waals surface area (Å²) in [4.78, 5) is 23.8. The first-order valence-electron chi connectivity index (χ1n) is 8.37. The van der Waals surface area contributed by atoms with Gasteiger partial charge < -0.3 is 15.4 Å². The number of nitrogens with one attached hydrogen (secondary N) is 2. The van der Waals surface area contributed by atoms with Crippen LogP contribution in [0.5, 0.6) is 11.5 Å². The van der Waals surface area contributed by atoms with Crippen molar-refractivity contribution in [3.05, 3.63) is 90.0 Å². The normalized spacial score (nSPS) is 10.2. The molecule has 0 fully saturated rings. The Morgan fingerprint density at radius 2 is 1.50 bits per heavy atom. The summed E-state index contributed by atoms with van der Waals surface area (Å²) in [5, 5.41) is 4.96. The van der Waals surface area contributed by atoms with Crippen LogP contribution in [0.15, 0.2) is 72.8 Å². The van der Waals surface area contributed by atoms with Gasteiger partial charge in [-0.05, 0) is 54.6 Å². The number of halogens is 2. The predicted molar refractivity (Wildman–Crippen MR) is 100 cm³/mol. The lowest BCUT2D eigenvalue weighted by molar-refractivity contribution is -0.115. The Balaban J connectivity index is 1.50. The van der Waals surface area contributed by atoms with E-state index in [9.17, 15) is 18.4 Å². The number of anilines is 1. The number of hydrogen-bond acceptors (Lipinski definition) is 3. The van der Waals surface area contributed by atoms with E-state index in [4.69, 9.17) is 4.74 Å². The van der Waals surface area contributed by atoms with E-state index in [1.54, 1.807) is 24.3 Å². The summed E-state index contributed by atoms with van der Waals surface area (Å²) in [7, 11) is 0. The van der Waals surface area contributed by atoms with Crippen LogP contribution in [0.25, 0.3) is 0 Å². The molecule has 0 heterocycles. The second-order valence-corrected chi connectivity index (χ2v) is 5.80. The average Bonchev–Trinajstić information content (AvgIpc) is 2.70. The molecule has 0 spiro atoms. The molecule has 0 saturated carbocycles. The highest BCUT2D eigenvalue weighted by Gasteiger charge is 2.11. The lowest BCUT2D eigenvalue weighted by atomic mass is 10.2. The average molecular weight is 382 g/mol. The van der Waals surface area contributed by atoms with Crippen molar-refractivity contribution in [2.75, 3.05) is 11.9 Å². The Morgan fingerprint density at radius 1 is 0.821 bits per heavy atom. The van der Waals surface area contributed by atoms with Gasteiger partial charge in [-0.1, -0.05) is 18.2 Å². The zero-order valence-corrected chi connectivity index (χ0v) is 14.6. The first-order chi connectivity index (χ1) is 13.5. The van der Waals surface area contributed by atoms with Crippen LogP contribution < -0.4 is 15.4 Å². The van der Waals surface area contributed by atoms with Gasteiger partial charge in [0.2, 0.25) is 5.91 Å². The molecular formula is C21H16F2N2O3. The summed E-state index contributed by atoms with van der Waals surface area (Å²) in [5.41, 5.74) is 0.446. The maximum atomic E-state index is 13.2. The lowest BCUT2D eigenvalue weighted by Gasteiger charge is -2.09. The maximum absolute atomic E-state index is 13.2. The zero-order valence-electron chi connectivity index (χ0n) is 14.6. The molecule has 0 bridgehead atoms. The van der Waals surface area contributed by atoms with Crippen LogP contribution in [0.2, 0.25) is 0 Å². The molecular weight excluding hydrogens is 366 g/mol. The molecule has 3 aromatic carbocycles. The summed E-state index contributed by atoms with van der Waals surface area (Å²) in [6.45, 7) is -0.319. The Hall–Kier alpha value is -3.74. The fraction of sp³-hybridized carbons (Fsp3) is 0.0476. The second kappa shape index (κ2) is 8.77. The molecule has 0 unspecified atom stereocenters. The van der Waals surface area contributed by atoms with E-state index >= 15 is 0 Å². The quantitative estimate of drug-likeness (QED) is 0.674. The molecule has 3 aromatic rings. The van der Waals surface area contributed by atoms with E-state index in [-0.39, 0.29) is 12.1 Å². The van der Waals surface area contributed by atoms with Crippen LogP contribution in [-0.4, -0.2) is 18.4 Å². The summed E-state index contributed by atoms with van der Waals surface area (Å²) in [6.07, 6.45) is 0. The van der Waals surface area contributed by atoms with Gasteiger partial charge in [0, 0.05) is 11.3 Å². The van der Waals surface area contributed by atoms with Crippen molar-refractivity contribution < 1.29 is 23.1 Å². The molecule has 2 amide bonds. The predicted octanol–water partition coefficient (Wildman–Crippen LogP) is 4.13. The van der Waals surface area contributed by atoms with Crippen molar-refractivity contribution >= 4 is 17.5 Å². The number of para-hydroxylation sites is 1. The largest absolute Gasteiger partial charge is 0.457 e. The molecule has 0 atom stereocenters. The highest BCUT2D eigenvalue weighted by Crippen LogP contribution is 2.22. The third kappa shape index (κ3) is 5.14. The van der Waals surface area contributed by atoms with Gasteiger partial charge in [-0.25, -0.2) is 8.78 Å². The summed E-state index contributed by atoms with van der Waals surface area (Å²) < 4.78 is 31.7. The molecule has 0 saturated heterocycles.